The fourth-order valence-corrected chi connectivity index (χ4v) is 2.47. The van der Waals surface area contributed by atoms with Gasteiger partial charge in [-0.2, -0.15) is 0 Å². The van der Waals surface area contributed by atoms with Gasteiger partial charge in [0.1, 0.15) is 23.7 Å². The molecule has 0 aromatic heterocycles. The Balaban J connectivity index is 2.29. The Labute approximate surface area is 123 Å². The van der Waals surface area contributed by atoms with Gasteiger partial charge in [0.05, 0.1) is 0 Å². The zero-order chi connectivity index (χ0) is 14.9. The molecule has 108 valence electrons. The minimum absolute atomic E-state index is 0.162. The van der Waals surface area contributed by atoms with Gasteiger partial charge in [0.2, 0.25) is 5.91 Å². The highest BCUT2D eigenvalue weighted by atomic mass is 79.9. The molecule has 0 radical (unpaired) electrons. The Morgan fingerprint density at radius 3 is 2.45 bits per heavy atom. The van der Waals surface area contributed by atoms with Crippen molar-refractivity contribution in [2.75, 3.05) is 26.7 Å². The summed E-state index contributed by atoms with van der Waals surface area (Å²) in [5.74, 6) is -2.91. The predicted octanol–water partition coefficient (Wildman–Crippen LogP) is 2.03. The highest BCUT2D eigenvalue weighted by Crippen LogP contribution is 2.21. The molecule has 0 bridgehead atoms. The molecule has 0 unspecified atom stereocenters. The van der Waals surface area contributed by atoms with Gasteiger partial charge >= 0.3 is 0 Å². The van der Waals surface area contributed by atoms with Crippen LogP contribution in [0.3, 0.4) is 0 Å². The number of carbonyl (C=O) groups is 2. The molecule has 1 aromatic rings. The fourth-order valence-electron chi connectivity index (χ4n) is 2.06. The standard InChI is InChI=1S/C13H13BrF2N2O2/c1-17-3-2-4-18(7-11(17)19)13(20)12-9(15)5-8(14)6-10(12)16/h5-6H,2-4,7H2,1H3. The van der Waals surface area contributed by atoms with Crippen LogP contribution >= 0.6 is 15.9 Å². The summed E-state index contributed by atoms with van der Waals surface area (Å²) in [6.45, 7) is 0.655. The third-order valence-electron chi connectivity index (χ3n) is 3.18. The maximum atomic E-state index is 13.8. The topological polar surface area (TPSA) is 40.6 Å². The Morgan fingerprint density at radius 1 is 1.25 bits per heavy atom. The van der Waals surface area contributed by atoms with Gasteiger partial charge in [-0.3, -0.25) is 9.59 Å². The van der Waals surface area contributed by atoms with E-state index in [1.165, 1.54) is 9.80 Å². The minimum atomic E-state index is -0.938. The lowest BCUT2D eigenvalue weighted by Gasteiger charge is -2.20. The molecule has 0 saturated carbocycles. The van der Waals surface area contributed by atoms with Gasteiger partial charge in [0, 0.05) is 24.6 Å². The van der Waals surface area contributed by atoms with Crippen molar-refractivity contribution in [3.05, 3.63) is 33.8 Å². The molecular formula is C13H13BrF2N2O2. The van der Waals surface area contributed by atoms with Crippen molar-refractivity contribution >= 4 is 27.7 Å². The van der Waals surface area contributed by atoms with Gasteiger partial charge in [-0.25, -0.2) is 8.78 Å². The van der Waals surface area contributed by atoms with E-state index in [-0.39, 0.29) is 16.9 Å². The first kappa shape index (κ1) is 14.9. The molecule has 4 nitrogen and oxygen atoms in total. The molecule has 1 saturated heterocycles. The molecule has 2 rings (SSSR count). The largest absolute Gasteiger partial charge is 0.344 e. The highest BCUT2D eigenvalue weighted by Gasteiger charge is 2.27. The van der Waals surface area contributed by atoms with Gasteiger partial charge in [-0.1, -0.05) is 15.9 Å². The minimum Gasteiger partial charge on any atom is -0.344 e. The van der Waals surface area contributed by atoms with Crippen molar-refractivity contribution in [2.24, 2.45) is 0 Å². The maximum absolute atomic E-state index is 13.8. The number of likely N-dealkylation sites (N-methyl/N-ethyl adjacent to an activating group) is 1. The van der Waals surface area contributed by atoms with E-state index in [2.05, 4.69) is 15.9 Å². The molecule has 0 N–H and O–H groups in total. The Hall–Kier alpha value is -1.50. The van der Waals surface area contributed by atoms with Crippen molar-refractivity contribution in [3.63, 3.8) is 0 Å². The molecule has 0 spiro atoms. The number of hydrogen-bond donors (Lipinski definition) is 0. The summed E-state index contributed by atoms with van der Waals surface area (Å²) in [5, 5.41) is 0. The Bertz CT molecular complexity index is 542. The van der Waals surface area contributed by atoms with E-state index in [9.17, 15) is 18.4 Å². The lowest BCUT2D eigenvalue weighted by molar-refractivity contribution is -0.129. The summed E-state index contributed by atoms with van der Waals surface area (Å²) in [4.78, 5) is 26.6. The summed E-state index contributed by atoms with van der Waals surface area (Å²) < 4.78 is 27.8. The molecule has 1 aliphatic heterocycles. The quantitative estimate of drug-likeness (QED) is 0.780. The first-order valence-corrected chi connectivity index (χ1v) is 6.87. The van der Waals surface area contributed by atoms with Crippen LogP contribution in [-0.2, 0) is 4.79 Å². The molecule has 1 aromatic carbocycles. The van der Waals surface area contributed by atoms with Crippen LogP contribution in [0.1, 0.15) is 16.8 Å². The second-order valence-corrected chi connectivity index (χ2v) is 5.56. The van der Waals surface area contributed by atoms with Crippen molar-refractivity contribution in [2.45, 2.75) is 6.42 Å². The van der Waals surface area contributed by atoms with Crippen LogP contribution in [0.25, 0.3) is 0 Å². The van der Waals surface area contributed by atoms with E-state index in [1.807, 2.05) is 0 Å². The smallest absolute Gasteiger partial charge is 0.260 e. The first-order chi connectivity index (χ1) is 9.40. The van der Waals surface area contributed by atoms with Crippen LogP contribution in [0.2, 0.25) is 0 Å². The fraction of sp³-hybridized carbons (Fsp3) is 0.385. The second kappa shape index (κ2) is 5.87. The average molecular weight is 347 g/mol. The van der Waals surface area contributed by atoms with Gasteiger partial charge in [-0.15, -0.1) is 0 Å². The third kappa shape index (κ3) is 2.98. The number of hydrogen-bond acceptors (Lipinski definition) is 2. The molecule has 1 aliphatic rings. The molecule has 20 heavy (non-hydrogen) atoms. The number of nitrogens with zero attached hydrogens (tertiary/aromatic N) is 2. The van der Waals surface area contributed by atoms with Crippen LogP contribution in [-0.4, -0.2) is 48.3 Å². The number of rotatable bonds is 1. The van der Waals surface area contributed by atoms with E-state index in [1.54, 1.807) is 7.05 Å². The number of carbonyl (C=O) groups excluding carboxylic acids is 2. The maximum Gasteiger partial charge on any atom is 0.260 e. The number of benzene rings is 1. The van der Waals surface area contributed by atoms with Crippen LogP contribution in [0.5, 0.6) is 0 Å². The SMILES string of the molecule is CN1CCCN(C(=O)c2c(F)cc(Br)cc2F)CC1=O. The van der Waals surface area contributed by atoms with Crippen molar-refractivity contribution in [3.8, 4) is 0 Å². The monoisotopic (exact) mass is 346 g/mol. The van der Waals surface area contributed by atoms with Crippen molar-refractivity contribution in [1.29, 1.82) is 0 Å². The molecule has 1 fully saturated rings. The van der Waals surface area contributed by atoms with Crippen LogP contribution in [0.4, 0.5) is 8.78 Å². The zero-order valence-electron chi connectivity index (χ0n) is 10.8. The van der Waals surface area contributed by atoms with Crippen molar-refractivity contribution < 1.29 is 18.4 Å². The number of halogens is 3. The third-order valence-corrected chi connectivity index (χ3v) is 3.64. The van der Waals surface area contributed by atoms with Gasteiger partial charge in [0.25, 0.3) is 5.91 Å². The number of amides is 2. The highest BCUT2D eigenvalue weighted by molar-refractivity contribution is 9.10. The van der Waals surface area contributed by atoms with Gasteiger partial charge in [-0.05, 0) is 18.6 Å². The normalized spacial score (nSPS) is 16.3. The van der Waals surface area contributed by atoms with Crippen LogP contribution in [0.15, 0.2) is 16.6 Å². The van der Waals surface area contributed by atoms with E-state index < -0.39 is 23.1 Å². The summed E-state index contributed by atoms with van der Waals surface area (Å²) >= 11 is 2.96. The van der Waals surface area contributed by atoms with E-state index >= 15 is 0 Å². The molecule has 0 aliphatic carbocycles. The molecular weight excluding hydrogens is 334 g/mol. The predicted molar refractivity (Wildman–Crippen MR) is 72.2 cm³/mol. The summed E-state index contributed by atoms with van der Waals surface area (Å²) in [7, 11) is 1.64. The lowest BCUT2D eigenvalue weighted by atomic mass is 10.1. The lowest BCUT2D eigenvalue weighted by Crippen LogP contribution is -2.38. The summed E-state index contributed by atoms with van der Waals surface area (Å²) in [5.41, 5.74) is -0.620. The average Bonchev–Trinajstić information content (AvgIpc) is 2.50. The summed E-state index contributed by atoms with van der Waals surface area (Å²) in [6.07, 6.45) is 0.577. The Morgan fingerprint density at radius 2 is 1.85 bits per heavy atom. The van der Waals surface area contributed by atoms with Crippen molar-refractivity contribution in [1.82, 2.24) is 9.80 Å². The molecule has 7 heteroatoms. The zero-order valence-corrected chi connectivity index (χ0v) is 12.4. The van der Waals surface area contributed by atoms with E-state index in [4.69, 9.17) is 0 Å². The van der Waals surface area contributed by atoms with Crippen LogP contribution in [0, 0.1) is 11.6 Å². The second-order valence-electron chi connectivity index (χ2n) is 4.64. The van der Waals surface area contributed by atoms with Gasteiger partial charge in [0.15, 0.2) is 0 Å². The Kier molecular flexibility index (Phi) is 4.37. The molecule has 2 amide bonds. The molecule has 1 heterocycles. The first-order valence-electron chi connectivity index (χ1n) is 6.08. The molecule has 0 atom stereocenters. The summed E-state index contributed by atoms with van der Waals surface area (Å²) in [6, 6.07) is 2.06. The van der Waals surface area contributed by atoms with E-state index in [0.29, 0.717) is 19.5 Å². The van der Waals surface area contributed by atoms with E-state index in [0.717, 1.165) is 12.1 Å². The van der Waals surface area contributed by atoms with Gasteiger partial charge < -0.3 is 9.80 Å². The van der Waals surface area contributed by atoms with Crippen LogP contribution < -0.4 is 0 Å².